The Morgan fingerprint density at radius 2 is 2.22 bits per heavy atom. The Bertz CT molecular complexity index is 550. The quantitative estimate of drug-likeness (QED) is 0.838. The number of hydrogen-bond donors (Lipinski definition) is 2. The van der Waals surface area contributed by atoms with Gasteiger partial charge in [-0.1, -0.05) is 18.2 Å². The maximum Gasteiger partial charge on any atom is 0.0510 e. The van der Waals surface area contributed by atoms with Crippen molar-refractivity contribution in [3.63, 3.8) is 0 Å². The minimum atomic E-state index is 0.560. The first-order chi connectivity index (χ1) is 8.75. The molecule has 1 atom stereocenters. The number of hydrogen-bond acceptors (Lipinski definition) is 2. The molecule has 0 spiro atoms. The number of nitrogens with zero attached hydrogens (tertiary/aromatic N) is 1. The zero-order chi connectivity index (χ0) is 12.5. The number of fused-ring (bicyclic) bond motifs is 1. The zero-order valence-corrected chi connectivity index (χ0v) is 11.2. The van der Waals surface area contributed by atoms with Gasteiger partial charge in [-0.15, -0.1) is 0 Å². The van der Waals surface area contributed by atoms with Crippen molar-refractivity contribution in [3.05, 3.63) is 35.5 Å². The normalized spacial score (nSPS) is 20.4. The highest BCUT2D eigenvalue weighted by Crippen LogP contribution is 2.24. The molecule has 1 aliphatic heterocycles. The van der Waals surface area contributed by atoms with Crippen LogP contribution in [-0.4, -0.2) is 30.2 Å². The van der Waals surface area contributed by atoms with Crippen LogP contribution in [0.5, 0.6) is 0 Å². The van der Waals surface area contributed by atoms with Crippen molar-refractivity contribution in [2.24, 2.45) is 7.05 Å². The Morgan fingerprint density at radius 1 is 1.33 bits per heavy atom. The number of para-hydroxylation sites is 1. The maximum atomic E-state index is 3.58. The third-order valence-corrected chi connectivity index (χ3v) is 3.88. The van der Waals surface area contributed by atoms with Crippen LogP contribution >= 0.6 is 0 Å². The number of aryl methyl sites for hydroxylation is 2. The van der Waals surface area contributed by atoms with Crippen molar-refractivity contribution >= 4 is 10.9 Å². The molecule has 0 bridgehead atoms. The van der Waals surface area contributed by atoms with Gasteiger partial charge < -0.3 is 15.2 Å². The first-order valence-electron chi connectivity index (χ1n) is 6.73. The van der Waals surface area contributed by atoms with Gasteiger partial charge >= 0.3 is 0 Å². The lowest BCUT2D eigenvalue weighted by atomic mass is 10.0. The SMILES string of the molecule is Cc1cccc2c(CC3CNCCN3)cn(C)c12. The lowest BCUT2D eigenvalue weighted by Crippen LogP contribution is -2.49. The first kappa shape index (κ1) is 11.8. The maximum absolute atomic E-state index is 3.58. The second-order valence-electron chi connectivity index (χ2n) is 5.30. The predicted octanol–water partition coefficient (Wildman–Crippen LogP) is 1.59. The van der Waals surface area contributed by atoms with Crippen molar-refractivity contribution in [2.45, 2.75) is 19.4 Å². The highest BCUT2D eigenvalue weighted by Gasteiger charge is 2.16. The van der Waals surface area contributed by atoms with E-state index in [4.69, 9.17) is 0 Å². The second kappa shape index (κ2) is 4.75. The van der Waals surface area contributed by atoms with Crippen molar-refractivity contribution in [1.29, 1.82) is 0 Å². The van der Waals surface area contributed by atoms with Crippen molar-refractivity contribution < 1.29 is 0 Å². The summed E-state index contributed by atoms with van der Waals surface area (Å²) in [5, 5.41) is 8.44. The van der Waals surface area contributed by atoms with Crippen molar-refractivity contribution in [2.75, 3.05) is 19.6 Å². The summed E-state index contributed by atoms with van der Waals surface area (Å²) >= 11 is 0. The highest BCUT2D eigenvalue weighted by molar-refractivity contribution is 5.86. The Balaban J connectivity index is 1.94. The molecule has 2 N–H and O–H groups in total. The monoisotopic (exact) mass is 243 g/mol. The van der Waals surface area contributed by atoms with Gasteiger partial charge in [-0.3, -0.25) is 0 Å². The molecule has 2 aromatic rings. The van der Waals surface area contributed by atoms with Crippen molar-refractivity contribution in [3.8, 4) is 0 Å². The fourth-order valence-electron chi connectivity index (χ4n) is 3.04. The van der Waals surface area contributed by atoms with Crippen LogP contribution in [0.25, 0.3) is 10.9 Å². The molecule has 1 unspecified atom stereocenters. The molecule has 0 saturated carbocycles. The molecule has 1 fully saturated rings. The summed E-state index contributed by atoms with van der Waals surface area (Å²) in [4.78, 5) is 0. The summed E-state index contributed by atoms with van der Waals surface area (Å²) in [5.74, 6) is 0. The van der Waals surface area contributed by atoms with E-state index in [1.54, 1.807) is 0 Å². The van der Waals surface area contributed by atoms with Gasteiger partial charge in [-0.25, -0.2) is 0 Å². The number of aromatic nitrogens is 1. The molecule has 18 heavy (non-hydrogen) atoms. The third-order valence-electron chi connectivity index (χ3n) is 3.88. The zero-order valence-electron chi connectivity index (χ0n) is 11.2. The molecule has 96 valence electrons. The van der Waals surface area contributed by atoms with Crippen LogP contribution < -0.4 is 10.6 Å². The molecule has 3 rings (SSSR count). The number of benzene rings is 1. The molecule has 0 amide bonds. The molecule has 3 nitrogen and oxygen atoms in total. The average molecular weight is 243 g/mol. The lowest BCUT2D eigenvalue weighted by Gasteiger charge is -2.24. The topological polar surface area (TPSA) is 29.0 Å². The Labute approximate surface area is 108 Å². The molecule has 2 heterocycles. The summed E-state index contributed by atoms with van der Waals surface area (Å²) in [6.45, 7) is 5.42. The van der Waals surface area contributed by atoms with Crippen LogP contribution in [0.15, 0.2) is 24.4 Å². The van der Waals surface area contributed by atoms with E-state index in [0.717, 1.165) is 26.1 Å². The Morgan fingerprint density at radius 3 is 3.00 bits per heavy atom. The van der Waals surface area contributed by atoms with Crippen LogP contribution in [0.1, 0.15) is 11.1 Å². The van der Waals surface area contributed by atoms with E-state index in [0.29, 0.717) is 6.04 Å². The van der Waals surface area contributed by atoms with Gasteiger partial charge in [-0.2, -0.15) is 0 Å². The van der Waals surface area contributed by atoms with Gasteiger partial charge in [0.25, 0.3) is 0 Å². The minimum absolute atomic E-state index is 0.560. The molecule has 1 aromatic carbocycles. The molecular weight excluding hydrogens is 222 g/mol. The summed E-state index contributed by atoms with van der Waals surface area (Å²) < 4.78 is 2.26. The van der Waals surface area contributed by atoms with E-state index in [1.807, 2.05) is 0 Å². The van der Waals surface area contributed by atoms with Crippen LogP contribution in [0.4, 0.5) is 0 Å². The van der Waals surface area contributed by atoms with Gasteiger partial charge in [0.1, 0.15) is 0 Å². The Hall–Kier alpha value is -1.32. The third kappa shape index (κ3) is 2.04. The van der Waals surface area contributed by atoms with E-state index in [1.165, 1.54) is 22.0 Å². The van der Waals surface area contributed by atoms with Gasteiger partial charge in [0, 0.05) is 44.3 Å². The van der Waals surface area contributed by atoms with Gasteiger partial charge in [0.15, 0.2) is 0 Å². The van der Waals surface area contributed by atoms with E-state index in [-0.39, 0.29) is 0 Å². The predicted molar refractivity (Wildman–Crippen MR) is 76.0 cm³/mol. The summed E-state index contributed by atoms with van der Waals surface area (Å²) in [6.07, 6.45) is 3.39. The highest BCUT2D eigenvalue weighted by atomic mass is 15.1. The summed E-state index contributed by atoms with van der Waals surface area (Å²) in [7, 11) is 2.14. The average Bonchev–Trinajstić information content (AvgIpc) is 2.69. The Kier molecular flexibility index (Phi) is 3.10. The minimum Gasteiger partial charge on any atom is -0.350 e. The molecule has 3 heteroatoms. The summed E-state index contributed by atoms with van der Waals surface area (Å²) in [5.41, 5.74) is 4.18. The first-order valence-corrected chi connectivity index (χ1v) is 6.73. The van der Waals surface area contributed by atoms with Crippen LogP contribution in [0.3, 0.4) is 0 Å². The molecule has 1 saturated heterocycles. The number of piperazine rings is 1. The molecular formula is C15H21N3. The van der Waals surface area contributed by atoms with Crippen LogP contribution in [0.2, 0.25) is 0 Å². The van der Waals surface area contributed by atoms with Crippen LogP contribution in [0, 0.1) is 6.92 Å². The molecule has 1 aromatic heterocycles. The van der Waals surface area contributed by atoms with Gasteiger partial charge in [0.2, 0.25) is 0 Å². The number of rotatable bonds is 2. The van der Waals surface area contributed by atoms with Gasteiger partial charge in [-0.05, 0) is 24.5 Å². The smallest absolute Gasteiger partial charge is 0.0510 e. The van der Waals surface area contributed by atoms with Crippen molar-refractivity contribution in [1.82, 2.24) is 15.2 Å². The van der Waals surface area contributed by atoms with E-state index in [2.05, 4.69) is 53.6 Å². The van der Waals surface area contributed by atoms with Crippen LogP contribution in [-0.2, 0) is 13.5 Å². The molecule has 1 aliphatic rings. The summed E-state index contributed by atoms with van der Waals surface area (Å²) in [6, 6.07) is 7.15. The molecule has 0 aliphatic carbocycles. The fourth-order valence-corrected chi connectivity index (χ4v) is 3.04. The van der Waals surface area contributed by atoms with E-state index >= 15 is 0 Å². The molecule has 0 radical (unpaired) electrons. The largest absolute Gasteiger partial charge is 0.350 e. The fraction of sp³-hybridized carbons (Fsp3) is 0.467. The standard InChI is InChI=1S/C15H21N3/c1-11-4-3-5-14-12(10-18(2)15(11)14)8-13-9-16-6-7-17-13/h3-5,10,13,16-17H,6-9H2,1-2H3. The van der Waals surface area contributed by atoms with E-state index < -0.39 is 0 Å². The number of nitrogens with one attached hydrogen (secondary N) is 2. The van der Waals surface area contributed by atoms with Gasteiger partial charge in [0.05, 0.1) is 5.52 Å². The van der Waals surface area contributed by atoms with E-state index in [9.17, 15) is 0 Å². The lowest BCUT2D eigenvalue weighted by molar-refractivity contribution is 0.417. The second-order valence-corrected chi connectivity index (χ2v) is 5.30.